The molecular weight excluding hydrogens is 263 g/mol. The van der Waals surface area contributed by atoms with Gasteiger partial charge in [-0.05, 0) is 6.92 Å². The molecule has 106 valence electrons. The predicted molar refractivity (Wildman–Crippen MR) is 59.1 cm³/mol. The number of ether oxygens (including phenoxy) is 1. The average Bonchev–Trinajstić information content (AvgIpc) is 2.64. The van der Waals surface area contributed by atoms with Crippen molar-refractivity contribution in [1.82, 2.24) is 9.36 Å². The molecule has 2 unspecified atom stereocenters. The summed E-state index contributed by atoms with van der Waals surface area (Å²) in [5.74, 6) is 0. The predicted octanol–water partition coefficient (Wildman–Crippen LogP) is -2.26. The first kappa shape index (κ1) is 13.9. The molecule has 0 bridgehead atoms. The molecule has 9 heteroatoms. The number of hydrogen-bond donors (Lipinski definition) is 3. The van der Waals surface area contributed by atoms with Gasteiger partial charge in [0.1, 0.15) is 18.3 Å². The molecule has 0 spiro atoms. The Balaban J connectivity index is 2.41. The van der Waals surface area contributed by atoms with Gasteiger partial charge in [-0.1, -0.05) is 9.27 Å². The fourth-order valence-corrected chi connectivity index (χ4v) is 1.98. The Bertz CT molecular complexity index is 582. The van der Waals surface area contributed by atoms with Crippen LogP contribution in [0, 0.1) is 0 Å². The lowest BCUT2D eigenvalue weighted by Crippen LogP contribution is -2.40. The quantitative estimate of drug-likeness (QED) is 0.562. The fourth-order valence-electron chi connectivity index (χ4n) is 1.98. The minimum absolute atomic E-state index is 0.637. The summed E-state index contributed by atoms with van der Waals surface area (Å²) in [5, 5.41) is 28.8. The zero-order valence-corrected chi connectivity index (χ0v) is 9.88. The van der Waals surface area contributed by atoms with E-state index >= 15 is 0 Å². The Morgan fingerprint density at radius 2 is 2.00 bits per heavy atom. The first-order valence-electron chi connectivity index (χ1n) is 5.54. The van der Waals surface area contributed by atoms with Crippen molar-refractivity contribution in [3.05, 3.63) is 33.1 Å². The summed E-state index contributed by atoms with van der Waals surface area (Å²) in [6.45, 7) is 1.34. The van der Waals surface area contributed by atoms with Gasteiger partial charge in [0.25, 0.3) is 5.56 Å². The van der Waals surface area contributed by atoms with Gasteiger partial charge < -0.3 is 20.1 Å². The van der Waals surface area contributed by atoms with Crippen molar-refractivity contribution in [2.24, 2.45) is 0 Å². The molecular formula is C10H13FN2O6. The van der Waals surface area contributed by atoms with Crippen LogP contribution in [0.3, 0.4) is 0 Å². The van der Waals surface area contributed by atoms with Gasteiger partial charge in [0.05, 0.1) is 6.10 Å². The smallest absolute Gasteiger partial charge is 0.362 e. The van der Waals surface area contributed by atoms with E-state index in [4.69, 9.17) is 4.74 Å². The molecule has 1 aliphatic heterocycles. The average molecular weight is 276 g/mol. The summed E-state index contributed by atoms with van der Waals surface area (Å²) in [4.78, 5) is 21.8. The largest absolute Gasteiger partial charge is 0.391 e. The molecule has 1 aromatic rings. The molecule has 5 atom stereocenters. The van der Waals surface area contributed by atoms with Gasteiger partial charge in [0.15, 0.2) is 6.23 Å². The highest BCUT2D eigenvalue weighted by atomic mass is 19.2. The molecule has 19 heavy (non-hydrogen) atoms. The van der Waals surface area contributed by atoms with Crippen molar-refractivity contribution >= 4 is 0 Å². The Morgan fingerprint density at radius 1 is 1.37 bits per heavy atom. The second kappa shape index (κ2) is 4.85. The van der Waals surface area contributed by atoms with E-state index in [1.807, 2.05) is 0 Å². The van der Waals surface area contributed by atoms with Crippen molar-refractivity contribution < 1.29 is 24.5 Å². The third-order valence-electron chi connectivity index (χ3n) is 2.98. The fraction of sp³-hybridized carbons (Fsp3) is 0.600. The van der Waals surface area contributed by atoms with Gasteiger partial charge in [0.2, 0.25) is 0 Å². The molecule has 2 heterocycles. The first-order valence-corrected chi connectivity index (χ1v) is 5.54. The summed E-state index contributed by atoms with van der Waals surface area (Å²) in [6, 6.07) is 0.777. The number of rotatable bonds is 2. The van der Waals surface area contributed by atoms with Crippen molar-refractivity contribution in [1.29, 1.82) is 0 Å². The standard InChI is InChI=1S/C10H13FN2O6/c1-4(14)8-6(16)7(17)9(19-8)12-3-2-5(15)13(11)10(12)18/h2-4,6-9,14,16-17H,1H3/t4?,6-,7-,8+,9?/m0/s1. The van der Waals surface area contributed by atoms with Crippen LogP contribution in [0.15, 0.2) is 21.9 Å². The minimum atomic E-state index is -1.53. The van der Waals surface area contributed by atoms with Gasteiger partial charge in [-0.25, -0.2) is 4.79 Å². The van der Waals surface area contributed by atoms with Crippen LogP contribution in [-0.4, -0.2) is 49.1 Å². The number of aliphatic hydroxyl groups is 3. The number of nitrogens with zero attached hydrogens (tertiary/aromatic N) is 2. The Labute approximate surface area is 105 Å². The molecule has 0 aromatic carbocycles. The Morgan fingerprint density at radius 3 is 2.53 bits per heavy atom. The van der Waals surface area contributed by atoms with Crippen LogP contribution in [0.2, 0.25) is 0 Å². The summed E-state index contributed by atoms with van der Waals surface area (Å²) in [5.41, 5.74) is -2.49. The van der Waals surface area contributed by atoms with Crippen LogP contribution in [0.5, 0.6) is 0 Å². The van der Waals surface area contributed by atoms with E-state index in [9.17, 15) is 29.4 Å². The molecule has 8 nitrogen and oxygen atoms in total. The zero-order valence-electron chi connectivity index (χ0n) is 9.88. The third kappa shape index (κ3) is 2.21. The summed E-state index contributed by atoms with van der Waals surface area (Å²) in [7, 11) is 0. The van der Waals surface area contributed by atoms with Gasteiger partial charge in [-0.15, -0.1) is 0 Å². The van der Waals surface area contributed by atoms with Crippen LogP contribution >= 0.6 is 0 Å². The van der Waals surface area contributed by atoms with Crippen molar-refractivity contribution in [3.8, 4) is 0 Å². The molecule has 1 saturated heterocycles. The number of aliphatic hydroxyl groups excluding tert-OH is 3. The van der Waals surface area contributed by atoms with Gasteiger partial charge in [-0.3, -0.25) is 9.36 Å². The molecule has 0 radical (unpaired) electrons. The van der Waals surface area contributed by atoms with Gasteiger partial charge >= 0.3 is 5.69 Å². The molecule has 2 rings (SSSR count). The lowest BCUT2D eigenvalue weighted by Gasteiger charge is -2.17. The lowest BCUT2D eigenvalue weighted by atomic mass is 10.1. The molecule has 0 amide bonds. The van der Waals surface area contributed by atoms with E-state index in [2.05, 4.69) is 0 Å². The number of halogens is 1. The zero-order chi connectivity index (χ0) is 14.3. The van der Waals surface area contributed by atoms with Crippen LogP contribution in [-0.2, 0) is 4.74 Å². The highest BCUT2D eigenvalue weighted by Crippen LogP contribution is 2.29. The monoisotopic (exact) mass is 276 g/mol. The van der Waals surface area contributed by atoms with Crippen LogP contribution in [0.25, 0.3) is 0 Å². The van der Waals surface area contributed by atoms with Crippen LogP contribution in [0.4, 0.5) is 4.48 Å². The van der Waals surface area contributed by atoms with Crippen LogP contribution < -0.4 is 11.2 Å². The van der Waals surface area contributed by atoms with E-state index < -0.39 is 46.7 Å². The number of hydrogen-bond acceptors (Lipinski definition) is 6. The van der Waals surface area contributed by atoms with Crippen molar-refractivity contribution in [3.63, 3.8) is 0 Å². The van der Waals surface area contributed by atoms with E-state index in [1.54, 1.807) is 0 Å². The maximum absolute atomic E-state index is 13.1. The molecule has 1 fully saturated rings. The maximum Gasteiger partial charge on any atom is 0.362 e. The van der Waals surface area contributed by atoms with E-state index in [0.29, 0.717) is 4.57 Å². The highest BCUT2D eigenvalue weighted by molar-refractivity contribution is 4.95. The van der Waals surface area contributed by atoms with Crippen molar-refractivity contribution in [2.45, 2.75) is 37.6 Å². The normalized spacial score (nSPS) is 32.5. The van der Waals surface area contributed by atoms with Gasteiger partial charge in [-0.2, -0.15) is 0 Å². The van der Waals surface area contributed by atoms with E-state index in [-0.39, 0.29) is 0 Å². The van der Waals surface area contributed by atoms with Crippen LogP contribution in [0.1, 0.15) is 13.2 Å². The lowest BCUT2D eigenvalue weighted by molar-refractivity contribution is -0.0813. The van der Waals surface area contributed by atoms with E-state index in [1.165, 1.54) is 6.92 Å². The molecule has 3 N–H and O–H groups in total. The molecule has 0 saturated carbocycles. The second-order valence-electron chi connectivity index (χ2n) is 4.34. The topological polar surface area (TPSA) is 114 Å². The Kier molecular flexibility index (Phi) is 3.54. The van der Waals surface area contributed by atoms with Crippen molar-refractivity contribution in [2.75, 3.05) is 0 Å². The summed E-state index contributed by atoms with van der Waals surface area (Å²) >= 11 is 0. The maximum atomic E-state index is 13.1. The molecule has 0 aliphatic carbocycles. The minimum Gasteiger partial charge on any atom is -0.391 e. The van der Waals surface area contributed by atoms with E-state index in [0.717, 1.165) is 12.3 Å². The Hall–Kier alpha value is -1.55. The summed E-state index contributed by atoms with van der Waals surface area (Å²) in [6.07, 6.45) is -5.61. The second-order valence-corrected chi connectivity index (χ2v) is 4.34. The number of aromatic nitrogens is 2. The van der Waals surface area contributed by atoms with Gasteiger partial charge in [0, 0.05) is 12.3 Å². The highest BCUT2D eigenvalue weighted by Gasteiger charge is 2.46. The molecule has 1 aromatic heterocycles. The third-order valence-corrected chi connectivity index (χ3v) is 2.98. The molecule has 1 aliphatic rings. The SMILES string of the molecule is CC(O)[C@H]1OC(n2ccc(=O)n(F)c2=O)[C@@H](O)[C@@H]1O. The first-order chi connectivity index (χ1) is 8.84. The summed E-state index contributed by atoms with van der Waals surface area (Å²) < 4.78 is 18.9.